The lowest BCUT2D eigenvalue weighted by molar-refractivity contribution is -0.132. The molecule has 0 aliphatic carbocycles. The zero-order valence-electron chi connectivity index (χ0n) is 16.8. The summed E-state index contributed by atoms with van der Waals surface area (Å²) in [5.41, 5.74) is 1.60. The zero-order chi connectivity index (χ0) is 21.6. The van der Waals surface area contributed by atoms with Crippen molar-refractivity contribution in [1.82, 2.24) is 4.90 Å². The third-order valence-electron chi connectivity index (χ3n) is 4.32. The van der Waals surface area contributed by atoms with E-state index in [1.165, 1.54) is 7.11 Å². The van der Waals surface area contributed by atoms with E-state index in [9.17, 15) is 13.2 Å². The Balaban J connectivity index is 1.85. The monoisotopic (exact) mass is 429 g/mol. The number of carbonyl (C=O) groups is 1. The number of carbonyl (C=O) groups excluding carboxylic acids is 1. The molecule has 0 fully saturated rings. The summed E-state index contributed by atoms with van der Waals surface area (Å²) in [6.45, 7) is 0.531. The number of amides is 1. The second-order valence-corrected chi connectivity index (χ2v) is 8.34. The predicted octanol–water partition coefficient (Wildman–Crippen LogP) is 3.40. The van der Waals surface area contributed by atoms with Gasteiger partial charge in [-0.3, -0.25) is 4.79 Å². The molecule has 1 amide bonds. The van der Waals surface area contributed by atoms with Crippen LogP contribution in [-0.4, -0.2) is 32.6 Å². The van der Waals surface area contributed by atoms with Crippen LogP contribution in [0.5, 0.6) is 11.5 Å². The highest BCUT2D eigenvalue weighted by Gasteiger charge is 2.18. The predicted molar refractivity (Wildman–Crippen MR) is 112 cm³/mol. The van der Waals surface area contributed by atoms with Crippen LogP contribution in [0.2, 0.25) is 0 Å². The van der Waals surface area contributed by atoms with E-state index >= 15 is 0 Å². The number of methoxy groups -OCH3 is 1. The topological polar surface area (TPSA) is 86.0 Å². The normalized spacial score (nSPS) is 11.1. The number of ether oxygens (including phenoxy) is 1. The van der Waals surface area contributed by atoms with Gasteiger partial charge in [0.25, 0.3) is 0 Å². The van der Waals surface area contributed by atoms with Gasteiger partial charge in [0.1, 0.15) is 5.76 Å². The van der Waals surface area contributed by atoms with Gasteiger partial charge in [-0.1, -0.05) is 36.4 Å². The maximum atomic E-state index is 13.0. The molecule has 0 saturated heterocycles. The molecule has 1 heterocycles. The summed E-state index contributed by atoms with van der Waals surface area (Å²) < 4.78 is 38.8. The fourth-order valence-electron chi connectivity index (χ4n) is 2.97. The third kappa shape index (κ3) is 6.12. The Kier molecular flexibility index (Phi) is 6.79. The average molecular weight is 429 g/mol. The molecule has 0 atom stereocenters. The molecule has 0 aliphatic rings. The van der Waals surface area contributed by atoms with Crippen molar-refractivity contribution in [2.45, 2.75) is 19.5 Å². The Hall–Kier alpha value is -3.26. The minimum absolute atomic E-state index is 0.0750. The van der Waals surface area contributed by atoms with Crippen molar-refractivity contribution >= 4 is 16.0 Å². The van der Waals surface area contributed by atoms with Gasteiger partial charge < -0.3 is 18.2 Å². The first-order chi connectivity index (χ1) is 14.3. The van der Waals surface area contributed by atoms with Crippen LogP contribution >= 0.6 is 0 Å². The third-order valence-corrected chi connectivity index (χ3v) is 4.80. The van der Waals surface area contributed by atoms with E-state index in [4.69, 9.17) is 13.3 Å². The number of benzene rings is 2. The SMILES string of the molecule is COc1ccc(CN(Cc2ccco2)C(=O)Cc2ccccc2)cc1OS(C)(=O)=O. The fourth-order valence-corrected chi connectivity index (χ4v) is 3.43. The number of nitrogens with zero attached hydrogens (tertiary/aromatic N) is 1. The van der Waals surface area contributed by atoms with Crippen molar-refractivity contribution in [3.63, 3.8) is 0 Å². The van der Waals surface area contributed by atoms with Gasteiger partial charge >= 0.3 is 10.1 Å². The first-order valence-corrected chi connectivity index (χ1v) is 11.1. The lowest BCUT2D eigenvalue weighted by atomic mass is 10.1. The van der Waals surface area contributed by atoms with Crippen LogP contribution in [0.1, 0.15) is 16.9 Å². The number of rotatable bonds is 9. The summed E-state index contributed by atoms with van der Waals surface area (Å²) in [5, 5.41) is 0. The minimum Gasteiger partial charge on any atom is -0.493 e. The maximum Gasteiger partial charge on any atom is 0.306 e. The first-order valence-electron chi connectivity index (χ1n) is 9.24. The largest absolute Gasteiger partial charge is 0.493 e. The molecule has 0 radical (unpaired) electrons. The Bertz CT molecular complexity index is 1080. The van der Waals surface area contributed by atoms with Gasteiger partial charge in [-0.15, -0.1) is 0 Å². The molecule has 0 saturated carbocycles. The van der Waals surface area contributed by atoms with Crippen molar-refractivity contribution in [3.05, 3.63) is 83.8 Å². The van der Waals surface area contributed by atoms with Gasteiger partial charge in [-0.2, -0.15) is 8.42 Å². The molecular formula is C22H23NO6S. The summed E-state index contributed by atoms with van der Waals surface area (Å²) in [6.07, 6.45) is 2.76. The summed E-state index contributed by atoms with van der Waals surface area (Å²) in [6, 6.07) is 18.0. The molecule has 158 valence electrons. The van der Waals surface area contributed by atoms with E-state index in [1.54, 1.807) is 41.5 Å². The van der Waals surface area contributed by atoms with Crippen molar-refractivity contribution in [2.75, 3.05) is 13.4 Å². The van der Waals surface area contributed by atoms with Gasteiger partial charge in [0.05, 0.1) is 32.6 Å². The highest BCUT2D eigenvalue weighted by molar-refractivity contribution is 7.86. The van der Waals surface area contributed by atoms with Crippen molar-refractivity contribution < 1.29 is 26.5 Å². The summed E-state index contributed by atoms with van der Waals surface area (Å²) >= 11 is 0. The van der Waals surface area contributed by atoms with Gasteiger partial charge in [0.15, 0.2) is 11.5 Å². The standard InChI is InChI=1S/C22H23NO6S/c1-27-20-11-10-18(13-21(20)29-30(2,25)26)15-23(16-19-9-6-12-28-19)22(24)14-17-7-4-3-5-8-17/h3-13H,14-16H2,1-2H3. The summed E-state index contributed by atoms with van der Waals surface area (Å²) in [4.78, 5) is 14.7. The Morgan fingerprint density at radius 1 is 0.967 bits per heavy atom. The average Bonchev–Trinajstić information content (AvgIpc) is 3.20. The van der Waals surface area contributed by atoms with Gasteiger partial charge in [0, 0.05) is 6.54 Å². The summed E-state index contributed by atoms with van der Waals surface area (Å²) in [7, 11) is -2.30. The highest BCUT2D eigenvalue weighted by Crippen LogP contribution is 2.30. The molecule has 0 bridgehead atoms. The van der Waals surface area contributed by atoms with Crippen molar-refractivity contribution in [2.24, 2.45) is 0 Å². The van der Waals surface area contributed by atoms with Gasteiger partial charge in [-0.25, -0.2) is 0 Å². The van der Waals surface area contributed by atoms with Crippen LogP contribution in [0, 0.1) is 0 Å². The van der Waals surface area contributed by atoms with Crippen molar-refractivity contribution in [1.29, 1.82) is 0 Å². The van der Waals surface area contributed by atoms with Gasteiger partial charge in [-0.05, 0) is 35.4 Å². The first kappa shape index (κ1) is 21.4. The zero-order valence-corrected chi connectivity index (χ0v) is 17.6. The quantitative estimate of drug-likeness (QED) is 0.485. The van der Waals surface area contributed by atoms with Crippen molar-refractivity contribution in [3.8, 4) is 11.5 Å². The van der Waals surface area contributed by atoms with Crippen LogP contribution in [-0.2, 0) is 34.4 Å². The van der Waals surface area contributed by atoms with Crippen LogP contribution in [0.25, 0.3) is 0 Å². The molecule has 2 aromatic carbocycles. The Morgan fingerprint density at radius 3 is 2.37 bits per heavy atom. The number of hydrogen-bond acceptors (Lipinski definition) is 6. The van der Waals surface area contributed by atoms with E-state index < -0.39 is 10.1 Å². The molecule has 30 heavy (non-hydrogen) atoms. The van der Waals surface area contributed by atoms with Crippen LogP contribution < -0.4 is 8.92 Å². The second-order valence-electron chi connectivity index (χ2n) is 6.76. The molecule has 0 N–H and O–H groups in total. The smallest absolute Gasteiger partial charge is 0.306 e. The van der Waals surface area contributed by atoms with Crippen LogP contribution in [0.3, 0.4) is 0 Å². The fraction of sp³-hybridized carbons (Fsp3) is 0.227. The molecule has 0 unspecified atom stereocenters. The molecule has 0 aliphatic heterocycles. The second kappa shape index (κ2) is 9.49. The van der Waals surface area contributed by atoms with Crippen LogP contribution in [0.15, 0.2) is 71.3 Å². The molecule has 3 aromatic rings. The van der Waals surface area contributed by atoms with E-state index in [0.717, 1.165) is 11.8 Å². The maximum absolute atomic E-state index is 13.0. The molecule has 7 nitrogen and oxygen atoms in total. The van der Waals surface area contributed by atoms with E-state index in [0.29, 0.717) is 11.3 Å². The number of hydrogen-bond donors (Lipinski definition) is 0. The molecule has 1 aromatic heterocycles. The lowest BCUT2D eigenvalue weighted by Gasteiger charge is -2.22. The molecule has 0 spiro atoms. The number of furan rings is 1. The molecular weight excluding hydrogens is 406 g/mol. The Morgan fingerprint density at radius 2 is 1.73 bits per heavy atom. The minimum atomic E-state index is -3.73. The van der Waals surface area contributed by atoms with E-state index in [1.807, 2.05) is 30.3 Å². The highest BCUT2D eigenvalue weighted by atomic mass is 32.2. The Labute approximate surface area is 176 Å². The molecule has 8 heteroatoms. The van der Waals surface area contributed by atoms with Gasteiger partial charge in [0.2, 0.25) is 5.91 Å². The van der Waals surface area contributed by atoms with E-state index in [2.05, 4.69) is 0 Å². The van der Waals surface area contributed by atoms with E-state index in [-0.39, 0.29) is 36.9 Å². The van der Waals surface area contributed by atoms with Crippen LogP contribution in [0.4, 0.5) is 0 Å². The molecule has 3 rings (SSSR count). The summed E-state index contributed by atoms with van der Waals surface area (Å²) in [5.74, 6) is 0.930. The lowest BCUT2D eigenvalue weighted by Crippen LogP contribution is -2.31.